The minimum absolute atomic E-state index is 0.392. The molecule has 0 aliphatic heterocycles. The van der Waals surface area contributed by atoms with Crippen molar-refractivity contribution >= 4 is 5.82 Å². The average molecular weight is 253 g/mol. The van der Waals surface area contributed by atoms with Crippen molar-refractivity contribution in [1.29, 1.82) is 0 Å². The molecule has 0 saturated heterocycles. The molecule has 1 saturated carbocycles. The fourth-order valence-electron chi connectivity index (χ4n) is 2.24. The molecule has 1 fully saturated rings. The summed E-state index contributed by atoms with van der Waals surface area (Å²) in [5.41, 5.74) is 5.86. The Morgan fingerprint density at radius 3 is 2.89 bits per heavy atom. The van der Waals surface area contributed by atoms with Gasteiger partial charge in [-0.25, -0.2) is 4.68 Å². The van der Waals surface area contributed by atoms with Gasteiger partial charge in [0.05, 0.1) is 12.3 Å². The van der Waals surface area contributed by atoms with Crippen LogP contribution >= 0.6 is 0 Å². The van der Waals surface area contributed by atoms with Crippen molar-refractivity contribution in [2.75, 3.05) is 18.5 Å². The molecule has 1 heterocycles. The highest BCUT2D eigenvalue weighted by Gasteiger charge is 2.18. The third kappa shape index (κ3) is 3.96. The summed E-state index contributed by atoms with van der Waals surface area (Å²) in [6, 6.07) is 0.392. The van der Waals surface area contributed by atoms with E-state index in [0.717, 1.165) is 51.1 Å². The van der Waals surface area contributed by atoms with E-state index >= 15 is 0 Å². The molecular formula is C12H23N5O. The van der Waals surface area contributed by atoms with Crippen molar-refractivity contribution in [2.24, 2.45) is 12.8 Å². The molecule has 0 radical (unpaired) electrons. The molecule has 0 spiro atoms. The van der Waals surface area contributed by atoms with E-state index in [1.165, 1.54) is 0 Å². The molecule has 0 atom stereocenters. The maximum Gasteiger partial charge on any atom is 0.144 e. The number of hydrogen-bond donors (Lipinski definition) is 2. The Morgan fingerprint density at radius 1 is 1.44 bits per heavy atom. The highest BCUT2D eigenvalue weighted by Crippen LogP contribution is 2.19. The summed E-state index contributed by atoms with van der Waals surface area (Å²) in [6.07, 6.45) is 7.56. The SMILES string of the molecule is Cn1nncc1NCCCOC1CCC(N)CC1. The summed E-state index contributed by atoms with van der Waals surface area (Å²) in [5, 5.41) is 10.9. The average Bonchev–Trinajstić information content (AvgIpc) is 2.77. The summed E-state index contributed by atoms with van der Waals surface area (Å²) in [5.74, 6) is 0.943. The monoisotopic (exact) mass is 253 g/mol. The molecule has 0 unspecified atom stereocenters. The van der Waals surface area contributed by atoms with E-state index in [1.807, 2.05) is 7.05 Å². The van der Waals surface area contributed by atoms with Crippen LogP contribution in [-0.4, -0.2) is 40.3 Å². The maximum absolute atomic E-state index is 5.86. The second kappa shape index (κ2) is 6.70. The fraction of sp³-hybridized carbons (Fsp3) is 0.833. The molecule has 0 aromatic carbocycles. The molecule has 1 aliphatic rings. The number of ether oxygens (including phenoxy) is 1. The molecule has 1 aliphatic carbocycles. The number of aryl methyl sites for hydroxylation is 1. The van der Waals surface area contributed by atoms with Crippen molar-refractivity contribution in [2.45, 2.75) is 44.2 Å². The number of rotatable bonds is 6. The van der Waals surface area contributed by atoms with Crippen molar-refractivity contribution in [1.82, 2.24) is 15.0 Å². The van der Waals surface area contributed by atoms with Gasteiger partial charge in [0.1, 0.15) is 5.82 Å². The summed E-state index contributed by atoms with van der Waals surface area (Å²) in [7, 11) is 1.87. The van der Waals surface area contributed by atoms with Crippen molar-refractivity contribution in [3.05, 3.63) is 6.20 Å². The smallest absolute Gasteiger partial charge is 0.144 e. The first kappa shape index (κ1) is 13.3. The van der Waals surface area contributed by atoms with Gasteiger partial charge in [0.25, 0.3) is 0 Å². The second-order valence-electron chi connectivity index (χ2n) is 4.93. The summed E-state index contributed by atoms with van der Waals surface area (Å²) >= 11 is 0. The molecule has 1 aromatic heterocycles. The Balaban J connectivity index is 1.53. The third-order valence-corrected chi connectivity index (χ3v) is 3.41. The van der Waals surface area contributed by atoms with E-state index in [2.05, 4.69) is 15.6 Å². The second-order valence-corrected chi connectivity index (χ2v) is 4.93. The summed E-state index contributed by atoms with van der Waals surface area (Å²) in [4.78, 5) is 0. The van der Waals surface area contributed by atoms with E-state index in [4.69, 9.17) is 10.5 Å². The van der Waals surface area contributed by atoms with Gasteiger partial charge in [-0.15, -0.1) is 5.10 Å². The van der Waals surface area contributed by atoms with Crippen molar-refractivity contribution in [3.8, 4) is 0 Å². The van der Waals surface area contributed by atoms with Gasteiger partial charge in [0.15, 0.2) is 0 Å². The highest BCUT2D eigenvalue weighted by molar-refractivity contribution is 5.29. The van der Waals surface area contributed by atoms with Crippen LogP contribution in [0.5, 0.6) is 0 Å². The first-order chi connectivity index (χ1) is 8.75. The number of nitrogens with zero attached hydrogens (tertiary/aromatic N) is 3. The summed E-state index contributed by atoms with van der Waals surface area (Å²) in [6.45, 7) is 1.69. The van der Waals surface area contributed by atoms with E-state index < -0.39 is 0 Å². The van der Waals surface area contributed by atoms with Gasteiger partial charge >= 0.3 is 0 Å². The van der Waals surface area contributed by atoms with Crippen LogP contribution in [-0.2, 0) is 11.8 Å². The summed E-state index contributed by atoms with van der Waals surface area (Å²) < 4.78 is 7.57. The molecule has 0 amide bonds. The van der Waals surface area contributed by atoms with E-state index in [-0.39, 0.29) is 0 Å². The van der Waals surface area contributed by atoms with Crippen LogP contribution < -0.4 is 11.1 Å². The molecular weight excluding hydrogens is 230 g/mol. The Bertz CT molecular complexity index is 346. The van der Waals surface area contributed by atoms with Gasteiger partial charge in [0, 0.05) is 26.2 Å². The predicted molar refractivity (Wildman–Crippen MR) is 70.3 cm³/mol. The number of hydrogen-bond acceptors (Lipinski definition) is 5. The van der Waals surface area contributed by atoms with E-state index in [9.17, 15) is 0 Å². The van der Waals surface area contributed by atoms with Crippen LogP contribution in [0.3, 0.4) is 0 Å². The van der Waals surface area contributed by atoms with Crippen molar-refractivity contribution in [3.63, 3.8) is 0 Å². The topological polar surface area (TPSA) is 78.0 Å². The molecule has 1 aromatic rings. The van der Waals surface area contributed by atoms with E-state index in [0.29, 0.717) is 12.1 Å². The normalized spacial score (nSPS) is 24.1. The Hall–Kier alpha value is -1.14. The maximum atomic E-state index is 5.86. The fourth-order valence-corrected chi connectivity index (χ4v) is 2.24. The van der Waals surface area contributed by atoms with E-state index in [1.54, 1.807) is 10.9 Å². The molecule has 0 bridgehead atoms. The number of nitrogens with two attached hydrogens (primary N) is 1. The van der Waals surface area contributed by atoms with Gasteiger partial charge < -0.3 is 15.8 Å². The quantitative estimate of drug-likeness (QED) is 0.737. The Labute approximate surface area is 108 Å². The van der Waals surface area contributed by atoms with Crippen LogP contribution in [0.4, 0.5) is 5.82 Å². The lowest BCUT2D eigenvalue weighted by Gasteiger charge is -2.26. The number of anilines is 1. The molecule has 18 heavy (non-hydrogen) atoms. The molecule has 6 heteroatoms. The van der Waals surface area contributed by atoms with Gasteiger partial charge in [-0.1, -0.05) is 5.21 Å². The molecule has 6 nitrogen and oxygen atoms in total. The van der Waals surface area contributed by atoms with Crippen LogP contribution in [0, 0.1) is 0 Å². The Kier molecular flexibility index (Phi) is 4.95. The Morgan fingerprint density at radius 2 is 2.22 bits per heavy atom. The number of nitrogens with one attached hydrogen (secondary N) is 1. The molecule has 3 N–H and O–H groups in total. The zero-order valence-corrected chi connectivity index (χ0v) is 11.0. The third-order valence-electron chi connectivity index (χ3n) is 3.41. The molecule has 2 rings (SSSR count). The van der Waals surface area contributed by atoms with Gasteiger partial charge in [0.2, 0.25) is 0 Å². The van der Waals surface area contributed by atoms with Gasteiger partial charge in [-0.3, -0.25) is 0 Å². The van der Waals surface area contributed by atoms with Crippen molar-refractivity contribution < 1.29 is 4.74 Å². The van der Waals surface area contributed by atoms with Crippen LogP contribution in [0.15, 0.2) is 6.20 Å². The minimum Gasteiger partial charge on any atom is -0.378 e. The minimum atomic E-state index is 0.392. The predicted octanol–water partition coefficient (Wildman–Crippen LogP) is 0.904. The zero-order chi connectivity index (χ0) is 12.8. The van der Waals surface area contributed by atoms with Gasteiger partial charge in [-0.2, -0.15) is 0 Å². The first-order valence-corrected chi connectivity index (χ1v) is 6.71. The highest BCUT2D eigenvalue weighted by atomic mass is 16.5. The van der Waals surface area contributed by atoms with Crippen LogP contribution in [0.2, 0.25) is 0 Å². The molecule has 102 valence electrons. The zero-order valence-electron chi connectivity index (χ0n) is 11.0. The standard InChI is InChI=1S/C12H23N5O/c1-17-12(9-15-16-17)14-7-2-8-18-11-5-3-10(13)4-6-11/h9-11,14H,2-8,13H2,1H3. The van der Waals surface area contributed by atoms with Gasteiger partial charge in [-0.05, 0) is 32.1 Å². The lowest BCUT2D eigenvalue weighted by Crippen LogP contribution is -2.30. The van der Waals surface area contributed by atoms with Crippen LogP contribution in [0.25, 0.3) is 0 Å². The first-order valence-electron chi connectivity index (χ1n) is 6.71. The lowest BCUT2D eigenvalue weighted by molar-refractivity contribution is 0.0251. The number of aromatic nitrogens is 3. The van der Waals surface area contributed by atoms with Crippen LogP contribution in [0.1, 0.15) is 32.1 Å². The largest absolute Gasteiger partial charge is 0.378 e. The lowest BCUT2D eigenvalue weighted by atomic mass is 9.94.